The van der Waals surface area contributed by atoms with E-state index in [-0.39, 0.29) is 24.0 Å². The van der Waals surface area contributed by atoms with E-state index in [1.54, 1.807) is 0 Å². The number of hydrogen-bond donors (Lipinski definition) is 2. The van der Waals surface area contributed by atoms with Crippen molar-refractivity contribution in [2.24, 2.45) is 4.99 Å². The first-order chi connectivity index (χ1) is 14.3. The van der Waals surface area contributed by atoms with Crippen molar-refractivity contribution in [2.45, 2.75) is 45.6 Å². The Morgan fingerprint density at radius 1 is 1.07 bits per heavy atom. The summed E-state index contributed by atoms with van der Waals surface area (Å²) in [6.45, 7) is 11.7. The molecule has 0 spiro atoms. The first-order valence-corrected chi connectivity index (χ1v) is 11.4. The molecule has 1 aromatic rings. The van der Waals surface area contributed by atoms with Crippen LogP contribution in [-0.4, -0.2) is 74.9 Å². The molecule has 170 valence electrons. The minimum atomic E-state index is 0. The first-order valence-electron chi connectivity index (χ1n) is 11.4. The summed E-state index contributed by atoms with van der Waals surface area (Å²) in [6.07, 6.45) is 8.32. The van der Waals surface area contributed by atoms with Crippen LogP contribution in [0.2, 0.25) is 0 Å². The molecule has 2 aliphatic rings. The molecule has 0 atom stereocenters. The second kappa shape index (κ2) is 14.8. The fraction of sp³-hybridized carbons (Fsp3) is 0.727. The van der Waals surface area contributed by atoms with E-state index in [4.69, 9.17) is 14.7 Å². The minimum absolute atomic E-state index is 0. The monoisotopic (exact) mass is 530 g/mol. The summed E-state index contributed by atoms with van der Waals surface area (Å²) in [6, 6.07) is 4.32. The number of nitrogens with zero attached hydrogens (tertiary/aromatic N) is 4. The molecule has 0 bridgehead atoms. The fourth-order valence-corrected chi connectivity index (χ4v) is 3.84. The Balaban J connectivity index is 0.00000320. The molecule has 2 N–H and O–H groups in total. The smallest absolute Gasteiger partial charge is 0.191 e. The molecule has 3 heterocycles. The molecule has 8 heteroatoms. The number of aliphatic imine (C=N–C) groups is 1. The lowest BCUT2D eigenvalue weighted by molar-refractivity contribution is 0.0376. The number of ether oxygens (including phenoxy) is 1. The van der Waals surface area contributed by atoms with E-state index in [1.165, 1.54) is 25.7 Å². The largest absolute Gasteiger partial charge is 0.379 e. The van der Waals surface area contributed by atoms with E-state index in [2.05, 4.69) is 39.5 Å². The van der Waals surface area contributed by atoms with E-state index in [1.807, 2.05) is 6.20 Å². The van der Waals surface area contributed by atoms with Crippen LogP contribution in [0.5, 0.6) is 0 Å². The topological polar surface area (TPSA) is 65.0 Å². The van der Waals surface area contributed by atoms with E-state index in [0.717, 1.165) is 82.8 Å². The van der Waals surface area contributed by atoms with Gasteiger partial charge in [-0.2, -0.15) is 0 Å². The highest BCUT2D eigenvalue weighted by molar-refractivity contribution is 14.0. The number of morpholine rings is 1. The van der Waals surface area contributed by atoms with E-state index in [0.29, 0.717) is 6.54 Å². The van der Waals surface area contributed by atoms with Gasteiger partial charge in [0.05, 0.1) is 19.8 Å². The summed E-state index contributed by atoms with van der Waals surface area (Å²) in [4.78, 5) is 14.3. The third-order valence-electron chi connectivity index (χ3n) is 5.55. The van der Waals surface area contributed by atoms with Crippen LogP contribution in [0.1, 0.15) is 44.6 Å². The molecule has 0 amide bonds. The third kappa shape index (κ3) is 8.93. The molecule has 0 radical (unpaired) electrons. The average molecular weight is 530 g/mol. The lowest BCUT2D eigenvalue weighted by Crippen LogP contribution is -2.40. The molecule has 30 heavy (non-hydrogen) atoms. The van der Waals surface area contributed by atoms with Gasteiger partial charge < -0.3 is 20.3 Å². The van der Waals surface area contributed by atoms with Gasteiger partial charge in [0.2, 0.25) is 0 Å². The number of nitrogens with one attached hydrogen (secondary N) is 2. The van der Waals surface area contributed by atoms with E-state index in [9.17, 15) is 0 Å². The van der Waals surface area contributed by atoms with Crippen molar-refractivity contribution in [3.05, 3.63) is 23.9 Å². The molecular formula is C22H39IN6O. The van der Waals surface area contributed by atoms with Gasteiger partial charge in [-0.3, -0.25) is 4.90 Å². The maximum Gasteiger partial charge on any atom is 0.191 e. The zero-order valence-electron chi connectivity index (χ0n) is 18.4. The maximum absolute atomic E-state index is 5.40. The number of hydrogen-bond acceptors (Lipinski definition) is 5. The molecule has 0 unspecified atom stereocenters. The number of aromatic nitrogens is 1. The molecule has 3 rings (SSSR count). The van der Waals surface area contributed by atoms with Crippen LogP contribution in [-0.2, 0) is 11.3 Å². The second-order valence-electron chi connectivity index (χ2n) is 7.86. The average Bonchev–Trinajstić information content (AvgIpc) is 3.06. The molecule has 2 fully saturated rings. The Morgan fingerprint density at radius 3 is 2.50 bits per heavy atom. The van der Waals surface area contributed by atoms with Gasteiger partial charge in [0, 0.05) is 45.5 Å². The molecule has 2 saturated heterocycles. The summed E-state index contributed by atoms with van der Waals surface area (Å²) in [7, 11) is 0. The number of anilines is 1. The summed E-state index contributed by atoms with van der Waals surface area (Å²) in [5.41, 5.74) is 1.15. The van der Waals surface area contributed by atoms with Crippen LogP contribution >= 0.6 is 24.0 Å². The summed E-state index contributed by atoms with van der Waals surface area (Å²) in [5.74, 6) is 1.99. The molecular weight excluding hydrogens is 491 g/mol. The lowest BCUT2D eigenvalue weighted by atomic mass is 10.2. The van der Waals surface area contributed by atoms with E-state index >= 15 is 0 Å². The molecule has 7 nitrogen and oxygen atoms in total. The van der Waals surface area contributed by atoms with Crippen molar-refractivity contribution in [3.63, 3.8) is 0 Å². The summed E-state index contributed by atoms with van der Waals surface area (Å²) < 4.78 is 5.40. The summed E-state index contributed by atoms with van der Waals surface area (Å²) >= 11 is 0. The molecule has 0 aliphatic carbocycles. The molecule has 0 saturated carbocycles. The zero-order valence-corrected chi connectivity index (χ0v) is 20.8. The predicted octanol–water partition coefficient (Wildman–Crippen LogP) is 2.86. The highest BCUT2D eigenvalue weighted by Gasteiger charge is 2.11. The van der Waals surface area contributed by atoms with Crippen LogP contribution in [0, 0.1) is 0 Å². The van der Waals surface area contributed by atoms with Crippen LogP contribution in [0.15, 0.2) is 23.3 Å². The Labute approximate surface area is 199 Å². The number of halogens is 1. The van der Waals surface area contributed by atoms with Gasteiger partial charge in [0.1, 0.15) is 5.82 Å². The van der Waals surface area contributed by atoms with E-state index < -0.39 is 0 Å². The Bertz CT molecular complexity index is 598. The normalized spacial score (nSPS) is 18.4. The molecule has 1 aromatic heterocycles. The van der Waals surface area contributed by atoms with Crippen molar-refractivity contribution in [3.8, 4) is 0 Å². The van der Waals surface area contributed by atoms with Crippen molar-refractivity contribution in [2.75, 3.05) is 63.9 Å². The van der Waals surface area contributed by atoms with Crippen molar-refractivity contribution in [1.29, 1.82) is 0 Å². The Morgan fingerprint density at radius 2 is 1.83 bits per heavy atom. The Hall–Kier alpha value is -1.13. The highest BCUT2D eigenvalue weighted by Crippen LogP contribution is 2.17. The number of pyridine rings is 1. The number of guanidine groups is 1. The standard InChI is InChI=1S/C22H38N6O.HI/c1-2-23-22(24-10-7-11-27-14-16-29-17-15-27)26-19-20-8-9-21(25-18-20)28-12-5-3-4-6-13-28;/h8-9,18H,2-7,10-17,19H2,1H3,(H2,23,24,26);1H. The molecule has 2 aliphatic heterocycles. The Kier molecular flexibility index (Phi) is 12.4. The molecule has 0 aromatic carbocycles. The highest BCUT2D eigenvalue weighted by atomic mass is 127. The predicted molar refractivity (Wildman–Crippen MR) is 135 cm³/mol. The van der Waals surface area contributed by atoms with Crippen LogP contribution in [0.25, 0.3) is 0 Å². The van der Waals surface area contributed by atoms with Gasteiger partial charge in [-0.05, 0) is 44.4 Å². The number of rotatable bonds is 8. The maximum atomic E-state index is 5.40. The van der Waals surface area contributed by atoms with Crippen LogP contribution in [0.3, 0.4) is 0 Å². The van der Waals surface area contributed by atoms with Gasteiger partial charge in [-0.15, -0.1) is 24.0 Å². The van der Waals surface area contributed by atoms with Crippen LogP contribution < -0.4 is 15.5 Å². The van der Waals surface area contributed by atoms with Crippen molar-refractivity contribution in [1.82, 2.24) is 20.5 Å². The summed E-state index contributed by atoms with van der Waals surface area (Å²) in [5, 5.41) is 6.79. The fourth-order valence-electron chi connectivity index (χ4n) is 3.84. The third-order valence-corrected chi connectivity index (χ3v) is 5.55. The van der Waals surface area contributed by atoms with Crippen molar-refractivity contribution < 1.29 is 4.74 Å². The van der Waals surface area contributed by atoms with Gasteiger partial charge in [0.25, 0.3) is 0 Å². The van der Waals surface area contributed by atoms with Gasteiger partial charge in [0.15, 0.2) is 5.96 Å². The van der Waals surface area contributed by atoms with Gasteiger partial charge in [-0.1, -0.05) is 18.9 Å². The zero-order chi connectivity index (χ0) is 20.2. The second-order valence-corrected chi connectivity index (χ2v) is 7.86. The van der Waals surface area contributed by atoms with Crippen molar-refractivity contribution >= 4 is 35.8 Å². The van der Waals surface area contributed by atoms with Gasteiger partial charge >= 0.3 is 0 Å². The minimum Gasteiger partial charge on any atom is -0.379 e. The lowest BCUT2D eigenvalue weighted by Gasteiger charge is -2.26. The van der Waals surface area contributed by atoms with Crippen LogP contribution in [0.4, 0.5) is 5.82 Å². The SMILES string of the molecule is CCNC(=NCc1ccc(N2CCCCCC2)nc1)NCCCN1CCOCC1.I. The first kappa shape index (κ1) is 25.1. The van der Waals surface area contributed by atoms with Gasteiger partial charge in [-0.25, -0.2) is 9.98 Å². The quantitative estimate of drug-likeness (QED) is 0.233.